The molecule has 0 saturated carbocycles. The van der Waals surface area contributed by atoms with Gasteiger partial charge < -0.3 is 9.80 Å². The molecule has 4 aromatic rings. The Labute approximate surface area is 213 Å². The lowest BCUT2D eigenvalue weighted by Crippen LogP contribution is -2.48. The topological polar surface area (TPSA) is 52.6 Å². The molecule has 1 aliphatic rings. The van der Waals surface area contributed by atoms with Crippen molar-refractivity contribution in [3.05, 3.63) is 102 Å². The van der Waals surface area contributed by atoms with Crippen LogP contribution in [0.4, 0.5) is 5.82 Å². The minimum atomic E-state index is 0.137. The fourth-order valence-electron chi connectivity index (χ4n) is 4.84. The van der Waals surface area contributed by atoms with Gasteiger partial charge in [0, 0.05) is 51.6 Å². The number of hydrogen-bond donors (Lipinski definition) is 0. The fourth-order valence-corrected chi connectivity index (χ4v) is 4.84. The quantitative estimate of drug-likeness (QED) is 0.371. The van der Waals surface area contributed by atoms with E-state index in [1.54, 1.807) is 6.92 Å². The van der Waals surface area contributed by atoms with E-state index in [2.05, 4.69) is 82.6 Å². The first-order valence-corrected chi connectivity index (χ1v) is 12.7. The molecule has 5 rings (SSSR count). The van der Waals surface area contributed by atoms with E-state index in [0.29, 0.717) is 6.54 Å². The summed E-state index contributed by atoms with van der Waals surface area (Å²) in [7, 11) is 0. The maximum Gasteiger partial charge on any atom is 0.219 e. The lowest BCUT2D eigenvalue weighted by atomic mass is 10.1. The van der Waals surface area contributed by atoms with Gasteiger partial charge in [0.1, 0.15) is 11.6 Å². The molecule has 1 aliphatic heterocycles. The number of benzene rings is 3. The summed E-state index contributed by atoms with van der Waals surface area (Å²) in [5, 5.41) is 1.07. The van der Waals surface area contributed by atoms with E-state index >= 15 is 0 Å². The smallest absolute Gasteiger partial charge is 0.219 e. The second kappa shape index (κ2) is 11.3. The molecular weight excluding hydrogens is 446 g/mol. The van der Waals surface area contributed by atoms with E-state index in [0.717, 1.165) is 68.2 Å². The van der Waals surface area contributed by atoms with Crippen LogP contribution in [0.3, 0.4) is 0 Å². The standard InChI is InChI=1S/C30H33N5O/c1-24(36)34-18-20-35(21-19-34)30-27-14-8-9-15-28(27)31-29(32-30)23-33(22-26-12-6-3-7-13-26)17-16-25-10-4-2-5-11-25/h2-15H,16-23H2,1H3. The molecule has 0 atom stereocenters. The van der Waals surface area contributed by atoms with Gasteiger partial charge in [0.2, 0.25) is 5.91 Å². The van der Waals surface area contributed by atoms with Crippen molar-refractivity contribution < 1.29 is 4.79 Å². The molecule has 1 amide bonds. The monoisotopic (exact) mass is 479 g/mol. The van der Waals surface area contributed by atoms with Crippen LogP contribution >= 0.6 is 0 Å². The van der Waals surface area contributed by atoms with E-state index in [9.17, 15) is 4.79 Å². The number of aromatic nitrogens is 2. The Morgan fingerprint density at radius 1 is 0.778 bits per heavy atom. The van der Waals surface area contributed by atoms with Crippen molar-refractivity contribution in [2.45, 2.75) is 26.4 Å². The Kier molecular flexibility index (Phi) is 7.52. The molecule has 1 aromatic heterocycles. The van der Waals surface area contributed by atoms with E-state index in [1.807, 2.05) is 17.0 Å². The number of piperazine rings is 1. The van der Waals surface area contributed by atoms with Gasteiger partial charge in [0.05, 0.1) is 12.1 Å². The molecule has 0 aliphatic carbocycles. The number of nitrogens with zero attached hydrogens (tertiary/aromatic N) is 5. The van der Waals surface area contributed by atoms with Crippen molar-refractivity contribution in [1.82, 2.24) is 19.8 Å². The SMILES string of the molecule is CC(=O)N1CCN(c2nc(CN(CCc3ccccc3)Cc3ccccc3)nc3ccccc23)CC1. The summed E-state index contributed by atoms with van der Waals surface area (Å²) in [4.78, 5) is 28.5. The number of para-hydroxylation sites is 1. The average Bonchev–Trinajstić information content (AvgIpc) is 2.92. The first kappa shape index (κ1) is 23.9. The average molecular weight is 480 g/mol. The summed E-state index contributed by atoms with van der Waals surface area (Å²) >= 11 is 0. The maximum atomic E-state index is 11.8. The summed E-state index contributed by atoms with van der Waals surface area (Å²) in [6.45, 7) is 7.08. The van der Waals surface area contributed by atoms with Gasteiger partial charge in [0.15, 0.2) is 0 Å². The number of rotatable bonds is 8. The van der Waals surface area contributed by atoms with E-state index in [1.165, 1.54) is 11.1 Å². The van der Waals surface area contributed by atoms with Gasteiger partial charge in [-0.1, -0.05) is 72.8 Å². The Morgan fingerprint density at radius 3 is 2.11 bits per heavy atom. The van der Waals surface area contributed by atoms with Gasteiger partial charge in [-0.25, -0.2) is 9.97 Å². The minimum Gasteiger partial charge on any atom is -0.352 e. The number of fused-ring (bicyclic) bond motifs is 1. The van der Waals surface area contributed by atoms with Gasteiger partial charge in [0.25, 0.3) is 0 Å². The van der Waals surface area contributed by atoms with Crippen molar-refractivity contribution in [3.63, 3.8) is 0 Å². The molecular formula is C30H33N5O. The fraction of sp³-hybridized carbons (Fsp3) is 0.300. The second-order valence-electron chi connectivity index (χ2n) is 9.41. The number of amides is 1. The van der Waals surface area contributed by atoms with Gasteiger partial charge in [-0.15, -0.1) is 0 Å². The molecule has 184 valence electrons. The Morgan fingerprint density at radius 2 is 1.42 bits per heavy atom. The van der Waals surface area contributed by atoms with Gasteiger partial charge >= 0.3 is 0 Å². The van der Waals surface area contributed by atoms with Crippen LogP contribution in [-0.2, 0) is 24.3 Å². The van der Waals surface area contributed by atoms with E-state index < -0.39 is 0 Å². The van der Waals surface area contributed by atoms with Crippen LogP contribution in [0.2, 0.25) is 0 Å². The largest absolute Gasteiger partial charge is 0.352 e. The Hall–Kier alpha value is -3.77. The molecule has 6 heteroatoms. The van der Waals surface area contributed by atoms with Crippen molar-refractivity contribution in [3.8, 4) is 0 Å². The zero-order valence-corrected chi connectivity index (χ0v) is 20.9. The second-order valence-corrected chi connectivity index (χ2v) is 9.41. The lowest BCUT2D eigenvalue weighted by Gasteiger charge is -2.35. The third-order valence-electron chi connectivity index (χ3n) is 6.83. The zero-order valence-electron chi connectivity index (χ0n) is 20.9. The van der Waals surface area contributed by atoms with Gasteiger partial charge in [-0.2, -0.15) is 0 Å². The normalized spacial score (nSPS) is 13.9. The molecule has 3 aromatic carbocycles. The van der Waals surface area contributed by atoms with Crippen molar-refractivity contribution >= 4 is 22.6 Å². The van der Waals surface area contributed by atoms with Crippen LogP contribution in [0, 0.1) is 0 Å². The van der Waals surface area contributed by atoms with Crippen LogP contribution in [0.15, 0.2) is 84.9 Å². The Bertz CT molecular complexity index is 1290. The first-order chi connectivity index (χ1) is 17.7. The van der Waals surface area contributed by atoms with Crippen LogP contribution in [0.5, 0.6) is 0 Å². The summed E-state index contributed by atoms with van der Waals surface area (Å²) in [6, 6.07) is 29.5. The summed E-state index contributed by atoms with van der Waals surface area (Å²) in [6.07, 6.45) is 0.973. The molecule has 36 heavy (non-hydrogen) atoms. The van der Waals surface area contributed by atoms with E-state index in [-0.39, 0.29) is 5.91 Å². The number of carbonyl (C=O) groups excluding carboxylic acids is 1. The van der Waals surface area contributed by atoms with Crippen LogP contribution in [0.25, 0.3) is 10.9 Å². The summed E-state index contributed by atoms with van der Waals surface area (Å²) in [5.41, 5.74) is 3.58. The number of hydrogen-bond acceptors (Lipinski definition) is 5. The van der Waals surface area contributed by atoms with E-state index in [4.69, 9.17) is 9.97 Å². The predicted molar refractivity (Wildman–Crippen MR) is 145 cm³/mol. The summed E-state index contributed by atoms with van der Waals surface area (Å²) < 4.78 is 0. The number of carbonyl (C=O) groups is 1. The van der Waals surface area contributed by atoms with Gasteiger partial charge in [-0.3, -0.25) is 9.69 Å². The van der Waals surface area contributed by atoms with Crippen LogP contribution in [-0.4, -0.2) is 58.4 Å². The summed E-state index contributed by atoms with van der Waals surface area (Å²) in [5.74, 6) is 1.95. The molecule has 0 unspecified atom stereocenters. The van der Waals surface area contributed by atoms with Crippen molar-refractivity contribution in [2.75, 3.05) is 37.6 Å². The highest BCUT2D eigenvalue weighted by Crippen LogP contribution is 2.25. The maximum absolute atomic E-state index is 11.8. The van der Waals surface area contributed by atoms with Crippen LogP contribution < -0.4 is 4.90 Å². The zero-order chi connectivity index (χ0) is 24.7. The first-order valence-electron chi connectivity index (χ1n) is 12.7. The molecule has 0 spiro atoms. The lowest BCUT2D eigenvalue weighted by molar-refractivity contribution is -0.129. The molecule has 0 bridgehead atoms. The highest BCUT2D eigenvalue weighted by atomic mass is 16.2. The molecule has 6 nitrogen and oxygen atoms in total. The third kappa shape index (κ3) is 5.89. The molecule has 1 saturated heterocycles. The molecule has 2 heterocycles. The minimum absolute atomic E-state index is 0.137. The highest BCUT2D eigenvalue weighted by molar-refractivity contribution is 5.89. The Balaban J connectivity index is 1.41. The predicted octanol–water partition coefficient (Wildman–Crippen LogP) is 4.54. The van der Waals surface area contributed by atoms with Crippen LogP contribution in [0.1, 0.15) is 23.9 Å². The van der Waals surface area contributed by atoms with Crippen molar-refractivity contribution in [2.24, 2.45) is 0 Å². The van der Waals surface area contributed by atoms with Crippen molar-refractivity contribution in [1.29, 1.82) is 0 Å². The third-order valence-corrected chi connectivity index (χ3v) is 6.83. The molecule has 0 N–H and O–H groups in total. The molecule has 0 radical (unpaired) electrons. The molecule has 1 fully saturated rings. The number of anilines is 1. The highest BCUT2D eigenvalue weighted by Gasteiger charge is 2.22. The van der Waals surface area contributed by atoms with Gasteiger partial charge in [-0.05, 0) is 29.7 Å².